The lowest BCUT2D eigenvalue weighted by atomic mass is 9.94. The summed E-state index contributed by atoms with van der Waals surface area (Å²) in [7, 11) is 0. The molecule has 1 fully saturated rings. The van der Waals surface area contributed by atoms with E-state index < -0.39 is 5.97 Å². The van der Waals surface area contributed by atoms with E-state index in [-0.39, 0.29) is 17.7 Å². The third-order valence-corrected chi connectivity index (χ3v) is 4.10. The van der Waals surface area contributed by atoms with Gasteiger partial charge in [0.1, 0.15) is 0 Å². The van der Waals surface area contributed by atoms with Crippen LogP contribution < -0.4 is 5.32 Å². The Labute approximate surface area is 107 Å². The van der Waals surface area contributed by atoms with Crippen molar-refractivity contribution < 1.29 is 14.7 Å². The van der Waals surface area contributed by atoms with Gasteiger partial charge >= 0.3 is 5.97 Å². The van der Waals surface area contributed by atoms with Crippen molar-refractivity contribution in [2.24, 2.45) is 17.8 Å². The van der Waals surface area contributed by atoms with Crippen LogP contribution in [0.2, 0.25) is 0 Å². The average molecular weight is 251 g/mol. The maximum atomic E-state index is 11.9. The summed E-state index contributed by atoms with van der Waals surface area (Å²) in [6, 6.07) is 0. The highest BCUT2D eigenvalue weighted by atomic mass is 16.4. The van der Waals surface area contributed by atoms with Crippen molar-refractivity contribution in [1.29, 1.82) is 0 Å². The lowest BCUT2D eigenvalue weighted by Crippen LogP contribution is -2.34. The summed E-state index contributed by atoms with van der Waals surface area (Å²) in [6.45, 7) is 0.734. The van der Waals surface area contributed by atoms with Gasteiger partial charge in [-0.15, -0.1) is 0 Å². The van der Waals surface area contributed by atoms with Crippen LogP contribution in [0.4, 0.5) is 0 Å². The van der Waals surface area contributed by atoms with E-state index in [0.717, 1.165) is 25.8 Å². The number of amides is 1. The molecule has 3 atom stereocenters. The molecule has 2 rings (SSSR count). The van der Waals surface area contributed by atoms with Crippen molar-refractivity contribution in [2.75, 3.05) is 6.54 Å². The van der Waals surface area contributed by atoms with Crippen LogP contribution in [0.5, 0.6) is 0 Å². The Morgan fingerprint density at radius 1 is 1.17 bits per heavy atom. The Morgan fingerprint density at radius 2 is 1.94 bits per heavy atom. The van der Waals surface area contributed by atoms with Crippen LogP contribution in [0.15, 0.2) is 12.2 Å². The zero-order valence-corrected chi connectivity index (χ0v) is 10.6. The molecule has 3 unspecified atom stereocenters. The number of carbonyl (C=O) groups excluding carboxylic acids is 1. The molecular formula is C14H21NO3. The largest absolute Gasteiger partial charge is 0.481 e. The Hall–Kier alpha value is -1.32. The van der Waals surface area contributed by atoms with Crippen LogP contribution in [0.3, 0.4) is 0 Å². The maximum Gasteiger partial charge on any atom is 0.306 e. The van der Waals surface area contributed by atoms with Gasteiger partial charge in [0.05, 0.1) is 5.92 Å². The minimum absolute atomic E-state index is 0.0494. The van der Waals surface area contributed by atoms with Crippen molar-refractivity contribution >= 4 is 11.9 Å². The molecule has 0 saturated heterocycles. The molecule has 2 aliphatic rings. The highest BCUT2D eigenvalue weighted by molar-refractivity contribution is 5.80. The highest BCUT2D eigenvalue weighted by Crippen LogP contribution is 2.31. The third-order valence-electron chi connectivity index (χ3n) is 4.10. The van der Waals surface area contributed by atoms with Crippen LogP contribution in [-0.2, 0) is 9.59 Å². The number of nitrogens with one attached hydrogen (secondary N) is 1. The van der Waals surface area contributed by atoms with Gasteiger partial charge < -0.3 is 10.4 Å². The van der Waals surface area contributed by atoms with Gasteiger partial charge in [-0.1, -0.05) is 12.2 Å². The molecule has 0 spiro atoms. The molecule has 0 aromatic heterocycles. The first-order chi connectivity index (χ1) is 8.66. The minimum atomic E-state index is -0.761. The molecule has 1 saturated carbocycles. The van der Waals surface area contributed by atoms with Crippen molar-refractivity contribution in [2.45, 2.75) is 38.5 Å². The van der Waals surface area contributed by atoms with Crippen molar-refractivity contribution in [3.05, 3.63) is 12.2 Å². The molecule has 0 aliphatic heterocycles. The number of rotatable bonds is 4. The molecule has 0 aromatic carbocycles. The monoisotopic (exact) mass is 251 g/mol. The van der Waals surface area contributed by atoms with E-state index in [1.54, 1.807) is 0 Å². The zero-order valence-electron chi connectivity index (χ0n) is 10.6. The first kappa shape index (κ1) is 13.1. The first-order valence-electron chi connectivity index (χ1n) is 6.82. The molecule has 0 aromatic rings. The molecule has 1 amide bonds. The number of carboxylic acid groups (broad SMARTS) is 1. The third kappa shape index (κ3) is 3.34. The first-order valence-corrected chi connectivity index (χ1v) is 6.82. The van der Waals surface area contributed by atoms with Crippen molar-refractivity contribution in [1.82, 2.24) is 5.32 Å². The maximum absolute atomic E-state index is 11.9. The highest BCUT2D eigenvalue weighted by Gasteiger charge is 2.33. The number of hydrogen-bond acceptors (Lipinski definition) is 2. The number of allylic oxidation sites excluding steroid dienone is 2. The van der Waals surface area contributed by atoms with E-state index >= 15 is 0 Å². The van der Waals surface area contributed by atoms with Crippen LogP contribution in [0, 0.1) is 17.8 Å². The van der Waals surface area contributed by atoms with E-state index in [4.69, 9.17) is 5.11 Å². The second kappa shape index (κ2) is 6.03. The van der Waals surface area contributed by atoms with Crippen LogP contribution in [0.25, 0.3) is 0 Å². The molecule has 0 radical (unpaired) electrons. The summed E-state index contributed by atoms with van der Waals surface area (Å²) in [5.41, 5.74) is 0. The Morgan fingerprint density at radius 3 is 2.56 bits per heavy atom. The van der Waals surface area contributed by atoms with Gasteiger partial charge in [0.15, 0.2) is 0 Å². The average Bonchev–Trinajstić information content (AvgIpc) is 2.87. The molecule has 0 bridgehead atoms. The minimum Gasteiger partial charge on any atom is -0.481 e. The van der Waals surface area contributed by atoms with E-state index in [0.29, 0.717) is 25.2 Å². The topological polar surface area (TPSA) is 66.4 Å². The summed E-state index contributed by atoms with van der Waals surface area (Å²) < 4.78 is 0. The van der Waals surface area contributed by atoms with Gasteiger partial charge in [0.2, 0.25) is 5.91 Å². The molecular weight excluding hydrogens is 230 g/mol. The van der Waals surface area contributed by atoms with Crippen molar-refractivity contribution in [3.8, 4) is 0 Å². The lowest BCUT2D eigenvalue weighted by molar-refractivity contribution is -0.141. The molecule has 18 heavy (non-hydrogen) atoms. The van der Waals surface area contributed by atoms with E-state index in [9.17, 15) is 9.59 Å². The quantitative estimate of drug-likeness (QED) is 0.751. The molecule has 2 aliphatic carbocycles. The second-order valence-electron chi connectivity index (χ2n) is 5.44. The second-order valence-corrected chi connectivity index (χ2v) is 5.44. The van der Waals surface area contributed by atoms with Gasteiger partial charge in [0, 0.05) is 12.5 Å². The summed E-state index contributed by atoms with van der Waals surface area (Å²) in [6.07, 6.45) is 9.51. The van der Waals surface area contributed by atoms with Gasteiger partial charge in [-0.05, 0) is 44.4 Å². The molecule has 100 valence electrons. The van der Waals surface area contributed by atoms with Gasteiger partial charge in [-0.25, -0.2) is 0 Å². The smallest absolute Gasteiger partial charge is 0.306 e. The number of carboxylic acids is 1. The van der Waals surface area contributed by atoms with Crippen LogP contribution >= 0.6 is 0 Å². The summed E-state index contributed by atoms with van der Waals surface area (Å²) in [4.78, 5) is 22.8. The Bertz CT molecular complexity index is 351. The van der Waals surface area contributed by atoms with Gasteiger partial charge in [-0.3, -0.25) is 9.59 Å². The standard InChI is InChI=1S/C14H21NO3/c16-13(11-6-7-12(8-11)14(17)18)15-9-10-4-2-1-3-5-10/h1-2,10-12H,3-9H2,(H,15,16)(H,17,18). The summed E-state index contributed by atoms with van der Waals surface area (Å²) >= 11 is 0. The molecule has 0 heterocycles. The fourth-order valence-electron chi connectivity index (χ4n) is 2.87. The molecule has 4 nitrogen and oxygen atoms in total. The van der Waals surface area contributed by atoms with Crippen molar-refractivity contribution in [3.63, 3.8) is 0 Å². The number of aliphatic carboxylic acids is 1. The van der Waals surface area contributed by atoms with E-state index in [1.165, 1.54) is 0 Å². The van der Waals surface area contributed by atoms with Gasteiger partial charge in [-0.2, -0.15) is 0 Å². The fraction of sp³-hybridized carbons (Fsp3) is 0.714. The van der Waals surface area contributed by atoms with Gasteiger partial charge in [0.25, 0.3) is 0 Å². The molecule has 2 N–H and O–H groups in total. The SMILES string of the molecule is O=C(O)C1CCC(C(=O)NCC2CC=CCC2)C1. The van der Waals surface area contributed by atoms with Crippen LogP contribution in [0.1, 0.15) is 38.5 Å². The zero-order chi connectivity index (χ0) is 13.0. The Kier molecular flexibility index (Phi) is 4.39. The molecule has 4 heteroatoms. The summed E-state index contributed by atoms with van der Waals surface area (Å²) in [5.74, 6) is -0.574. The summed E-state index contributed by atoms with van der Waals surface area (Å²) in [5, 5.41) is 11.9. The van der Waals surface area contributed by atoms with E-state index in [1.807, 2.05) is 0 Å². The van der Waals surface area contributed by atoms with E-state index in [2.05, 4.69) is 17.5 Å². The predicted molar refractivity (Wildman–Crippen MR) is 68.0 cm³/mol. The Balaban J connectivity index is 1.72. The number of hydrogen-bond donors (Lipinski definition) is 2. The normalized spacial score (nSPS) is 31.2. The van der Waals surface area contributed by atoms with Crippen LogP contribution in [-0.4, -0.2) is 23.5 Å². The lowest BCUT2D eigenvalue weighted by Gasteiger charge is -2.19. The fourth-order valence-corrected chi connectivity index (χ4v) is 2.87. The predicted octanol–water partition coefficient (Wildman–Crippen LogP) is 1.96. The number of carbonyl (C=O) groups is 2.